The van der Waals surface area contributed by atoms with Gasteiger partial charge in [0.05, 0.1) is 4.88 Å². The lowest BCUT2D eigenvalue weighted by molar-refractivity contribution is -0.114. The molecule has 2 amide bonds. The van der Waals surface area contributed by atoms with Crippen molar-refractivity contribution in [3.8, 4) is 0 Å². The number of hydrogen-bond acceptors (Lipinski definition) is 4. The van der Waals surface area contributed by atoms with E-state index >= 15 is 0 Å². The van der Waals surface area contributed by atoms with Crippen molar-refractivity contribution in [2.75, 3.05) is 5.32 Å². The minimum Gasteiger partial charge on any atom is -0.321 e. The third-order valence-electron chi connectivity index (χ3n) is 3.92. The summed E-state index contributed by atoms with van der Waals surface area (Å²) in [6.07, 6.45) is 3.03. The van der Waals surface area contributed by atoms with Gasteiger partial charge in [-0.05, 0) is 42.0 Å². The number of rotatable bonds is 3. The maximum atomic E-state index is 13.8. The second-order valence-corrected chi connectivity index (χ2v) is 6.78. The SMILES string of the molecule is O=C1C=CC(c2cccc(NC(=O)c3cc4c(F)cccc4s3)c2)N=N1. The van der Waals surface area contributed by atoms with E-state index in [9.17, 15) is 14.0 Å². The first kappa shape index (κ1) is 16.3. The molecule has 3 aromatic rings. The fourth-order valence-corrected chi connectivity index (χ4v) is 3.64. The predicted molar refractivity (Wildman–Crippen MR) is 97.9 cm³/mol. The largest absolute Gasteiger partial charge is 0.321 e. The first-order chi connectivity index (χ1) is 12.6. The van der Waals surface area contributed by atoms with Crippen molar-refractivity contribution in [3.05, 3.63) is 76.9 Å². The van der Waals surface area contributed by atoms with E-state index in [0.717, 1.165) is 10.3 Å². The van der Waals surface area contributed by atoms with Gasteiger partial charge in [-0.2, -0.15) is 5.11 Å². The van der Waals surface area contributed by atoms with Crippen molar-refractivity contribution in [1.82, 2.24) is 0 Å². The normalized spacial score (nSPS) is 16.2. The molecule has 0 spiro atoms. The summed E-state index contributed by atoms with van der Waals surface area (Å²) >= 11 is 1.24. The van der Waals surface area contributed by atoms with Gasteiger partial charge in [-0.15, -0.1) is 16.5 Å². The molecule has 2 aromatic carbocycles. The van der Waals surface area contributed by atoms with Gasteiger partial charge in [0.2, 0.25) is 0 Å². The van der Waals surface area contributed by atoms with Crippen molar-refractivity contribution < 1.29 is 14.0 Å². The zero-order chi connectivity index (χ0) is 18.1. The van der Waals surface area contributed by atoms with Crippen LogP contribution in [-0.4, -0.2) is 11.8 Å². The summed E-state index contributed by atoms with van der Waals surface area (Å²) in [7, 11) is 0. The molecule has 4 rings (SSSR count). The highest BCUT2D eigenvalue weighted by atomic mass is 32.1. The van der Waals surface area contributed by atoms with Crippen LogP contribution in [0.3, 0.4) is 0 Å². The topological polar surface area (TPSA) is 70.9 Å². The van der Waals surface area contributed by atoms with Crippen molar-refractivity contribution in [3.63, 3.8) is 0 Å². The van der Waals surface area contributed by atoms with Crippen LogP contribution in [0, 0.1) is 5.82 Å². The average Bonchev–Trinajstić information content (AvgIpc) is 3.08. The maximum absolute atomic E-state index is 13.8. The highest BCUT2D eigenvalue weighted by Gasteiger charge is 2.15. The molecule has 128 valence electrons. The van der Waals surface area contributed by atoms with Crippen LogP contribution in [0.15, 0.2) is 70.9 Å². The van der Waals surface area contributed by atoms with Crippen molar-refractivity contribution in [1.29, 1.82) is 0 Å². The highest BCUT2D eigenvalue weighted by Crippen LogP contribution is 2.29. The van der Waals surface area contributed by atoms with Crippen molar-refractivity contribution >= 4 is 38.9 Å². The van der Waals surface area contributed by atoms with Gasteiger partial charge in [0.15, 0.2) is 0 Å². The number of amides is 2. The number of nitrogens with one attached hydrogen (secondary N) is 1. The molecule has 1 unspecified atom stereocenters. The number of halogens is 1. The van der Waals surface area contributed by atoms with Gasteiger partial charge >= 0.3 is 0 Å². The Morgan fingerprint density at radius 3 is 2.77 bits per heavy atom. The lowest BCUT2D eigenvalue weighted by Crippen LogP contribution is -2.10. The van der Waals surface area contributed by atoms with E-state index in [2.05, 4.69) is 15.5 Å². The van der Waals surface area contributed by atoms with Gasteiger partial charge in [0.25, 0.3) is 11.8 Å². The van der Waals surface area contributed by atoms with E-state index in [4.69, 9.17) is 0 Å². The molecule has 1 N–H and O–H groups in total. The summed E-state index contributed by atoms with van der Waals surface area (Å²) in [4.78, 5) is 24.0. The Hall–Kier alpha value is -3.19. The van der Waals surface area contributed by atoms with Gasteiger partial charge < -0.3 is 5.32 Å². The number of fused-ring (bicyclic) bond motifs is 1. The van der Waals surface area contributed by atoms with Crippen LogP contribution in [0.1, 0.15) is 21.3 Å². The molecule has 0 aliphatic carbocycles. The first-order valence-electron chi connectivity index (χ1n) is 7.82. The fourth-order valence-electron chi connectivity index (χ4n) is 2.67. The molecule has 0 saturated carbocycles. The number of benzene rings is 2. The quantitative estimate of drug-likeness (QED) is 0.718. The monoisotopic (exact) mass is 365 g/mol. The van der Waals surface area contributed by atoms with Gasteiger partial charge in [-0.1, -0.05) is 18.2 Å². The molecule has 1 aromatic heterocycles. The summed E-state index contributed by atoms with van der Waals surface area (Å²) < 4.78 is 14.5. The smallest absolute Gasteiger partial charge is 0.287 e. The summed E-state index contributed by atoms with van der Waals surface area (Å²) in [6, 6.07) is 13.1. The molecule has 7 heteroatoms. The zero-order valence-electron chi connectivity index (χ0n) is 13.3. The van der Waals surface area contributed by atoms with Crippen LogP contribution in [0.2, 0.25) is 0 Å². The molecular formula is C19H12FN3O2S. The molecule has 0 bridgehead atoms. The molecule has 2 heterocycles. The van der Waals surface area contributed by atoms with E-state index in [1.54, 1.807) is 42.5 Å². The van der Waals surface area contributed by atoms with Crippen LogP contribution in [-0.2, 0) is 4.79 Å². The summed E-state index contributed by atoms with van der Waals surface area (Å²) in [6.45, 7) is 0. The number of anilines is 1. The molecule has 0 saturated heterocycles. The number of hydrogen-bond donors (Lipinski definition) is 1. The van der Waals surface area contributed by atoms with E-state index in [1.807, 2.05) is 6.07 Å². The van der Waals surface area contributed by atoms with E-state index < -0.39 is 0 Å². The Morgan fingerprint density at radius 1 is 1.15 bits per heavy atom. The molecule has 0 fully saturated rings. The van der Waals surface area contributed by atoms with Gasteiger partial charge in [-0.3, -0.25) is 9.59 Å². The molecule has 5 nitrogen and oxygen atoms in total. The second kappa shape index (κ2) is 6.61. The Morgan fingerprint density at radius 2 is 2.00 bits per heavy atom. The van der Waals surface area contributed by atoms with E-state index in [-0.39, 0.29) is 23.7 Å². The van der Waals surface area contributed by atoms with E-state index in [0.29, 0.717) is 16.0 Å². The molecule has 1 atom stereocenters. The Kier molecular flexibility index (Phi) is 4.14. The number of carbonyl (C=O) groups excluding carboxylic acids is 2. The Balaban J connectivity index is 1.56. The van der Waals surface area contributed by atoms with Gasteiger partial charge in [0, 0.05) is 21.8 Å². The fraction of sp³-hybridized carbons (Fsp3) is 0.0526. The molecule has 0 radical (unpaired) electrons. The first-order valence-corrected chi connectivity index (χ1v) is 8.64. The maximum Gasteiger partial charge on any atom is 0.287 e. The van der Waals surface area contributed by atoms with Crippen LogP contribution in [0.25, 0.3) is 10.1 Å². The van der Waals surface area contributed by atoms with Crippen LogP contribution in [0.5, 0.6) is 0 Å². The van der Waals surface area contributed by atoms with E-state index in [1.165, 1.54) is 23.5 Å². The summed E-state index contributed by atoms with van der Waals surface area (Å²) in [5.74, 6) is -1.04. The highest BCUT2D eigenvalue weighted by molar-refractivity contribution is 7.20. The Bertz CT molecular complexity index is 1070. The minimum atomic E-state index is -0.386. The molecule has 1 aliphatic rings. The zero-order valence-corrected chi connectivity index (χ0v) is 14.2. The Labute approximate surface area is 151 Å². The lowest BCUT2D eigenvalue weighted by Gasteiger charge is -2.11. The molecular weight excluding hydrogens is 353 g/mol. The third-order valence-corrected chi connectivity index (χ3v) is 5.02. The number of carbonyl (C=O) groups is 2. The number of thiophene rings is 1. The van der Waals surface area contributed by atoms with Gasteiger partial charge in [0.1, 0.15) is 11.9 Å². The third kappa shape index (κ3) is 3.16. The number of azo groups is 1. The van der Waals surface area contributed by atoms with Crippen molar-refractivity contribution in [2.45, 2.75) is 6.04 Å². The summed E-state index contributed by atoms with van der Waals surface area (Å²) in [5, 5.41) is 10.7. The van der Waals surface area contributed by atoms with Crippen LogP contribution < -0.4 is 5.32 Å². The lowest BCUT2D eigenvalue weighted by atomic mass is 10.1. The van der Waals surface area contributed by atoms with Gasteiger partial charge in [-0.25, -0.2) is 4.39 Å². The molecule has 1 aliphatic heterocycles. The van der Waals surface area contributed by atoms with Crippen LogP contribution >= 0.6 is 11.3 Å². The minimum absolute atomic E-state index is 0.307. The second-order valence-electron chi connectivity index (χ2n) is 5.70. The van der Waals surface area contributed by atoms with Crippen molar-refractivity contribution in [2.24, 2.45) is 10.2 Å². The number of nitrogens with zero attached hydrogens (tertiary/aromatic N) is 2. The standard InChI is InChI=1S/C19H12FN3O2S/c20-14-5-2-6-16-13(14)10-17(26-16)19(25)21-12-4-1-3-11(9-12)15-7-8-18(24)23-22-15/h1-10,15H,(H,21,25). The predicted octanol–water partition coefficient (Wildman–Crippen LogP) is 4.88. The molecule has 26 heavy (non-hydrogen) atoms. The average molecular weight is 365 g/mol. The summed E-state index contributed by atoms with van der Waals surface area (Å²) in [5.41, 5.74) is 1.39. The van der Waals surface area contributed by atoms with Crippen LogP contribution in [0.4, 0.5) is 10.1 Å².